The summed E-state index contributed by atoms with van der Waals surface area (Å²) < 4.78 is 1.52. The molecule has 1 aliphatic rings. The van der Waals surface area contributed by atoms with Crippen LogP contribution < -0.4 is 5.32 Å². The minimum atomic E-state index is -0.0966. The molecule has 5 heteroatoms. The monoisotopic (exact) mass is 284 g/mol. The van der Waals surface area contributed by atoms with Gasteiger partial charge in [-0.2, -0.15) is 0 Å². The molecule has 2 heterocycles. The Labute approximate surface area is 124 Å². The van der Waals surface area contributed by atoms with Crippen LogP contribution in [0.2, 0.25) is 0 Å². The molecule has 5 nitrogen and oxygen atoms in total. The summed E-state index contributed by atoms with van der Waals surface area (Å²) in [5.74, 6) is 0. The molecule has 0 aliphatic heterocycles. The van der Waals surface area contributed by atoms with E-state index in [0.717, 1.165) is 29.8 Å². The molecule has 0 spiro atoms. The van der Waals surface area contributed by atoms with Gasteiger partial charge in [-0.1, -0.05) is 19.3 Å². The van der Waals surface area contributed by atoms with Crippen molar-refractivity contribution in [3.05, 3.63) is 36.5 Å². The van der Waals surface area contributed by atoms with Crippen LogP contribution in [0.5, 0.6) is 0 Å². The zero-order valence-corrected chi connectivity index (χ0v) is 12.2. The summed E-state index contributed by atoms with van der Waals surface area (Å²) in [4.78, 5) is 20.8. The number of nitrogens with one attached hydrogen (secondary N) is 1. The van der Waals surface area contributed by atoms with E-state index >= 15 is 0 Å². The van der Waals surface area contributed by atoms with Crippen molar-refractivity contribution in [2.24, 2.45) is 0 Å². The van der Waals surface area contributed by atoms with Crippen molar-refractivity contribution in [3.63, 3.8) is 0 Å². The normalized spacial score (nSPS) is 15.9. The van der Waals surface area contributed by atoms with E-state index in [1.165, 1.54) is 23.8 Å². The zero-order valence-electron chi connectivity index (χ0n) is 12.2. The van der Waals surface area contributed by atoms with Gasteiger partial charge in [0.2, 0.25) is 0 Å². The summed E-state index contributed by atoms with van der Waals surface area (Å²) in [7, 11) is 0. The van der Waals surface area contributed by atoms with Crippen LogP contribution in [0.3, 0.4) is 0 Å². The van der Waals surface area contributed by atoms with Crippen molar-refractivity contribution in [2.75, 3.05) is 0 Å². The maximum atomic E-state index is 12.2. The van der Waals surface area contributed by atoms with E-state index < -0.39 is 0 Å². The maximum Gasteiger partial charge on any atom is 0.327 e. The van der Waals surface area contributed by atoms with Crippen molar-refractivity contribution in [1.29, 1.82) is 0 Å². The lowest BCUT2D eigenvalue weighted by atomic mass is 9.96. The van der Waals surface area contributed by atoms with Crippen LogP contribution in [0.4, 0.5) is 4.79 Å². The number of aromatic nitrogens is 3. The molecule has 21 heavy (non-hydrogen) atoms. The molecule has 0 unspecified atom stereocenters. The second-order valence-electron chi connectivity index (χ2n) is 5.64. The smallest absolute Gasteiger partial charge is 0.327 e. The Balaban J connectivity index is 1.69. The van der Waals surface area contributed by atoms with Gasteiger partial charge >= 0.3 is 6.03 Å². The molecule has 1 saturated carbocycles. The highest BCUT2D eigenvalue weighted by Gasteiger charge is 2.17. The molecule has 0 saturated heterocycles. The molecule has 2 aromatic rings. The first-order chi connectivity index (χ1) is 10.2. The lowest BCUT2D eigenvalue weighted by Gasteiger charge is -2.22. The van der Waals surface area contributed by atoms with E-state index in [2.05, 4.69) is 15.3 Å². The number of hydrogen-bond donors (Lipinski definition) is 1. The summed E-state index contributed by atoms with van der Waals surface area (Å²) >= 11 is 0. The van der Waals surface area contributed by atoms with Crippen LogP contribution in [0.15, 0.2) is 30.9 Å². The van der Waals surface area contributed by atoms with Gasteiger partial charge in [-0.05, 0) is 31.9 Å². The fourth-order valence-corrected chi connectivity index (χ4v) is 2.70. The minimum absolute atomic E-state index is 0.0966. The lowest BCUT2D eigenvalue weighted by molar-refractivity contribution is 0.234. The van der Waals surface area contributed by atoms with Crippen molar-refractivity contribution >= 4 is 6.03 Å². The standard InChI is InChI=1S/C16H20N4O/c1-12-7-8-13(9-17-12)15-10-20(11-18-15)16(21)19-14-5-3-2-4-6-14/h7-11,14H,2-6H2,1H3,(H,19,21). The first-order valence-corrected chi connectivity index (χ1v) is 7.50. The van der Waals surface area contributed by atoms with Gasteiger partial charge in [0.25, 0.3) is 0 Å². The molecular formula is C16H20N4O. The fourth-order valence-electron chi connectivity index (χ4n) is 2.70. The Morgan fingerprint density at radius 3 is 2.76 bits per heavy atom. The van der Waals surface area contributed by atoms with Gasteiger partial charge in [0, 0.05) is 29.7 Å². The molecule has 1 amide bonds. The van der Waals surface area contributed by atoms with E-state index in [9.17, 15) is 4.79 Å². The number of amides is 1. The van der Waals surface area contributed by atoms with Crippen molar-refractivity contribution in [2.45, 2.75) is 45.1 Å². The van der Waals surface area contributed by atoms with Gasteiger partial charge in [0.05, 0.1) is 5.69 Å². The first kappa shape index (κ1) is 13.8. The third-order valence-corrected chi connectivity index (χ3v) is 3.96. The average molecular weight is 284 g/mol. The van der Waals surface area contributed by atoms with Gasteiger partial charge in [0.1, 0.15) is 6.33 Å². The second-order valence-corrected chi connectivity index (χ2v) is 5.64. The van der Waals surface area contributed by atoms with Gasteiger partial charge in [-0.25, -0.2) is 9.78 Å². The van der Waals surface area contributed by atoms with E-state index in [1.807, 2.05) is 19.1 Å². The number of rotatable bonds is 2. The predicted molar refractivity (Wildman–Crippen MR) is 81.0 cm³/mol. The van der Waals surface area contributed by atoms with Crippen LogP contribution >= 0.6 is 0 Å². The van der Waals surface area contributed by atoms with Crippen LogP contribution in [-0.2, 0) is 0 Å². The number of carbonyl (C=O) groups is 1. The Kier molecular flexibility index (Phi) is 3.99. The SMILES string of the molecule is Cc1ccc(-c2cn(C(=O)NC3CCCCC3)cn2)cn1. The van der Waals surface area contributed by atoms with Crippen LogP contribution in [0.1, 0.15) is 37.8 Å². The number of carbonyl (C=O) groups excluding carboxylic acids is 1. The molecule has 0 radical (unpaired) electrons. The largest absolute Gasteiger partial charge is 0.335 e. The zero-order chi connectivity index (χ0) is 14.7. The van der Waals surface area contributed by atoms with Crippen LogP contribution in [0, 0.1) is 6.92 Å². The Bertz CT molecular complexity index is 611. The first-order valence-electron chi connectivity index (χ1n) is 7.50. The molecule has 110 valence electrons. The molecule has 1 aliphatic carbocycles. The van der Waals surface area contributed by atoms with Crippen molar-refractivity contribution in [1.82, 2.24) is 19.9 Å². The van der Waals surface area contributed by atoms with E-state index in [1.54, 1.807) is 18.7 Å². The summed E-state index contributed by atoms with van der Waals surface area (Å²) in [5, 5.41) is 3.08. The summed E-state index contributed by atoms with van der Waals surface area (Å²) in [6.45, 7) is 1.94. The summed E-state index contributed by atoms with van der Waals surface area (Å²) in [6.07, 6.45) is 10.9. The van der Waals surface area contributed by atoms with E-state index in [-0.39, 0.29) is 6.03 Å². The van der Waals surface area contributed by atoms with Crippen LogP contribution in [0.25, 0.3) is 11.3 Å². The topological polar surface area (TPSA) is 59.8 Å². The molecule has 0 aromatic carbocycles. The minimum Gasteiger partial charge on any atom is -0.335 e. The Hall–Kier alpha value is -2.17. The third-order valence-electron chi connectivity index (χ3n) is 3.96. The van der Waals surface area contributed by atoms with Crippen molar-refractivity contribution < 1.29 is 4.79 Å². The molecule has 0 bridgehead atoms. The Morgan fingerprint density at radius 1 is 1.24 bits per heavy atom. The van der Waals surface area contributed by atoms with Gasteiger partial charge in [-0.3, -0.25) is 9.55 Å². The molecule has 1 N–H and O–H groups in total. The predicted octanol–water partition coefficient (Wildman–Crippen LogP) is 3.14. The highest BCUT2D eigenvalue weighted by atomic mass is 16.2. The third kappa shape index (κ3) is 3.29. The quantitative estimate of drug-likeness (QED) is 0.921. The highest BCUT2D eigenvalue weighted by molar-refractivity contribution is 5.78. The number of nitrogens with zero attached hydrogens (tertiary/aromatic N) is 3. The number of pyridine rings is 1. The number of imidazole rings is 1. The second kappa shape index (κ2) is 6.08. The number of aryl methyl sites for hydroxylation is 1. The van der Waals surface area contributed by atoms with Gasteiger partial charge in [-0.15, -0.1) is 0 Å². The molecule has 2 aromatic heterocycles. The average Bonchev–Trinajstić information content (AvgIpc) is 2.99. The molecular weight excluding hydrogens is 264 g/mol. The van der Waals surface area contributed by atoms with E-state index in [0.29, 0.717) is 6.04 Å². The number of hydrogen-bond acceptors (Lipinski definition) is 3. The highest BCUT2D eigenvalue weighted by Crippen LogP contribution is 2.18. The molecule has 1 fully saturated rings. The molecule has 0 atom stereocenters. The van der Waals surface area contributed by atoms with Crippen LogP contribution in [-0.4, -0.2) is 26.6 Å². The summed E-state index contributed by atoms with van der Waals surface area (Å²) in [5.41, 5.74) is 2.65. The van der Waals surface area contributed by atoms with Gasteiger partial charge < -0.3 is 5.32 Å². The lowest BCUT2D eigenvalue weighted by Crippen LogP contribution is -2.38. The maximum absolute atomic E-state index is 12.2. The van der Waals surface area contributed by atoms with E-state index in [4.69, 9.17) is 0 Å². The summed E-state index contributed by atoms with van der Waals surface area (Å²) in [6, 6.07) is 4.11. The molecule has 3 rings (SSSR count). The Morgan fingerprint density at radius 2 is 2.05 bits per heavy atom. The van der Waals surface area contributed by atoms with Crippen molar-refractivity contribution in [3.8, 4) is 11.3 Å². The fraction of sp³-hybridized carbons (Fsp3) is 0.438. The van der Waals surface area contributed by atoms with Gasteiger partial charge in [0.15, 0.2) is 0 Å².